The van der Waals surface area contributed by atoms with Crippen LogP contribution in [-0.2, 0) is 20.7 Å². The van der Waals surface area contributed by atoms with Gasteiger partial charge in [0.05, 0.1) is 29.1 Å². The lowest BCUT2D eigenvalue weighted by Gasteiger charge is -2.20. The summed E-state index contributed by atoms with van der Waals surface area (Å²) in [6.07, 6.45) is 1.57. The smallest absolute Gasteiger partial charge is 0.312 e. The van der Waals surface area contributed by atoms with Crippen molar-refractivity contribution in [2.24, 2.45) is 0 Å². The van der Waals surface area contributed by atoms with Gasteiger partial charge in [0.2, 0.25) is 0 Å². The molecule has 2 aromatic carbocycles. The van der Waals surface area contributed by atoms with Crippen LogP contribution in [0.4, 0.5) is 5.69 Å². The van der Waals surface area contributed by atoms with Gasteiger partial charge in [-0.15, -0.1) is 11.3 Å². The Kier molecular flexibility index (Phi) is 5.99. The number of carbonyl (C=O) groups excluding carboxylic acids is 4. The van der Waals surface area contributed by atoms with Crippen LogP contribution < -0.4 is 5.32 Å². The van der Waals surface area contributed by atoms with E-state index in [9.17, 15) is 19.2 Å². The standard InChI is InChI=1S/C26H17N3O5S/c30-21(13-34-22(31)12-15-14-35-26(28-15)20-9-3-4-11-27-20)29-19-10-5-8-18-23(19)25(33)17-7-2-1-6-16(17)24(18)32/h1-11,14H,12-13H2,(H,29,30). The normalized spacial score (nSPS) is 12.0. The quantitative estimate of drug-likeness (QED) is 0.366. The predicted molar refractivity (Wildman–Crippen MR) is 128 cm³/mol. The first-order valence-electron chi connectivity index (χ1n) is 10.6. The topological polar surface area (TPSA) is 115 Å². The summed E-state index contributed by atoms with van der Waals surface area (Å²) >= 11 is 1.36. The van der Waals surface area contributed by atoms with Crippen molar-refractivity contribution in [3.05, 3.63) is 100 Å². The molecule has 9 heteroatoms. The molecule has 4 aromatic rings. The number of hydrogen-bond acceptors (Lipinski definition) is 8. The molecule has 0 radical (unpaired) electrons. The predicted octanol–water partition coefficient (Wildman–Crippen LogP) is 3.70. The highest BCUT2D eigenvalue weighted by Crippen LogP contribution is 2.32. The Bertz CT molecular complexity index is 1480. The SMILES string of the molecule is O=C(COC(=O)Cc1csc(-c2ccccn2)n1)Nc1cccc2c1C(=O)c1ccccc1C2=O. The van der Waals surface area contributed by atoms with E-state index in [0.717, 1.165) is 0 Å². The van der Waals surface area contributed by atoms with Crippen molar-refractivity contribution in [3.8, 4) is 10.7 Å². The van der Waals surface area contributed by atoms with E-state index in [-0.39, 0.29) is 40.4 Å². The number of thiazole rings is 1. The number of carbonyl (C=O) groups is 4. The summed E-state index contributed by atoms with van der Waals surface area (Å²) < 4.78 is 5.09. The first kappa shape index (κ1) is 22.3. The molecule has 1 N–H and O–H groups in total. The summed E-state index contributed by atoms with van der Waals surface area (Å²) in [4.78, 5) is 59.2. The Morgan fingerprint density at radius 3 is 2.40 bits per heavy atom. The fraction of sp³-hybridized carbons (Fsp3) is 0.0769. The molecule has 0 spiro atoms. The van der Waals surface area contributed by atoms with Crippen LogP contribution in [0.2, 0.25) is 0 Å². The monoisotopic (exact) mass is 483 g/mol. The third kappa shape index (κ3) is 4.49. The average Bonchev–Trinajstić information content (AvgIpc) is 3.35. The molecule has 35 heavy (non-hydrogen) atoms. The molecule has 172 valence electrons. The van der Waals surface area contributed by atoms with Crippen molar-refractivity contribution in [2.75, 3.05) is 11.9 Å². The number of esters is 1. The van der Waals surface area contributed by atoms with E-state index in [1.807, 2.05) is 12.1 Å². The first-order valence-corrected chi connectivity index (χ1v) is 11.5. The zero-order valence-electron chi connectivity index (χ0n) is 18.2. The van der Waals surface area contributed by atoms with Gasteiger partial charge in [0, 0.05) is 28.3 Å². The van der Waals surface area contributed by atoms with Crippen molar-refractivity contribution in [1.29, 1.82) is 0 Å². The summed E-state index contributed by atoms with van der Waals surface area (Å²) in [6.45, 7) is -0.543. The van der Waals surface area contributed by atoms with Crippen LogP contribution in [0.1, 0.15) is 37.5 Å². The van der Waals surface area contributed by atoms with Gasteiger partial charge in [0.15, 0.2) is 18.2 Å². The van der Waals surface area contributed by atoms with E-state index in [1.54, 1.807) is 54.0 Å². The van der Waals surface area contributed by atoms with Crippen LogP contribution in [0, 0.1) is 0 Å². The van der Waals surface area contributed by atoms with Gasteiger partial charge >= 0.3 is 5.97 Å². The molecule has 0 saturated carbocycles. The lowest BCUT2D eigenvalue weighted by atomic mass is 9.83. The number of benzene rings is 2. The van der Waals surface area contributed by atoms with Gasteiger partial charge < -0.3 is 10.1 Å². The molecule has 2 aromatic heterocycles. The molecule has 0 unspecified atom stereocenters. The van der Waals surface area contributed by atoms with Gasteiger partial charge in [-0.25, -0.2) is 4.98 Å². The van der Waals surface area contributed by atoms with Crippen LogP contribution in [0.5, 0.6) is 0 Å². The summed E-state index contributed by atoms with van der Waals surface area (Å²) in [5.74, 6) is -1.88. The van der Waals surface area contributed by atoms with Crippen molar-refractivity contribution < 1.29 is 23.9 Å². The summed E-state index contributed by atoms with van der Waals surface area (Å²) in [5.41, 5.74) is 2.37. The number of fused-ring (bicyclic) bond motifs is 2. The van der Waals surface area contributed by atoms with Gasteiger partial charge in [-0.3, -0.25) is 24.2 Å². The number of ketones is 2. The maximum absolute atomic E-state index is 13.0. The Hall–Kier alpha value is -4.50. The van der Waals surface area contributed by atoms with Gasteiger partial charge in [0.25, 0.3) is 5.91 Å². The Morgan fingerprint density at radius 2 is 1.63 bits per heavy atom. The Balaban J connectivity index is 1.22. The summed E-state index contributed by atoms with van der Waals surface area (Å²) in [7, 11) is 0. The average molecular weight is 484 g/mol. The minimum absolute atomic E-state index is 0.0961. The molecular formula is C26H17N3O5S. The molecule has 1 aliphatic carbocycles. The second kappa shape index (κ2) is 9.40. The van der Waals surface area contributed by atoms with E-state index in [0.29, 0.717) is 22.0 Å². The van der Waals surface area contributed by atoms with E-state index >= 15 is 0 Å². The van der Waals surface area contributed by atoms with Crippen molar-refractivity contribution in [3.63, 3.8) is 0 Å². The van der Waals surface area contributed by atoms with Crippen molar-refractivity contribution in [1.82, 2.24) is 9.97 Å². The minimum Gasteiger partial charge on any atom is -0.455 e. The molecule has 0 bridgehead atoms. The maximum atomic E-state index is 13.0. The number of nitrogens with one attached hydrogen (secondary N) is 1. The second-order valence-electron chi connectivity index (χ2n) is 7.68. The number of ether oxygens (including phenoxy) is 1. The molecule has 8 nitrogen and oxygen atoms in total. The molecule has 5 rings (SSSR count). The Morgan fingerprint density at radius 1 is 0.886 bits per heavy atom. The van der Waals surface area contributed by atoms with E-state index in [4.69, 9.17) is 4.74 Å². The fourth-order valence-electron chi connectivity index (χ4n) is 3.78. The molecule has 2 heterocycles. The third-order valence-electron chi connectivity index (χ3n) is 5.35. The highest BCUT2D eigenvalue weighted by molar-refractivity contribution is 7.13. The molecule has 1 amide bonds. The largest absolute Gasteiger partial charge is 0.455 e. The third-order valence-corrected chi connectivity index (χ3v) is 6.27. The van der Waals surface area contributed by atoms with E-state index < -0.39 is 18.5 Å². The number of rotatable bonds is 6. The van der Waals surface area contributed by atoms with Crippen molar-refractivity contribution >= 4 is 40.5 Å². The van der Waals surface area contributed by atoms with Crippen LogP contribution in [0.3, 0.4) is 0 Å². The van der Waals surface area contributed by atoms with Gasteiger partial charge in [0.1, 0.15) is 5.01 Å². The van der Waals surface area contributed by atoms with E-state index in [2.05, 4.69) is 15.3 Å². The number of amides is 1. The fourth-order valence-corrected chi connectivity index (χ4v) is 4.57. The second-order valence-corrected chi connectivity index (χ2v) is 8.53. The lowest BCUT2D eigenvalue weighted by molar-refractivity contribution is -0.146. The number of anilines is 1. The number of aromatic nitrogens is 2. The van der Waals surface area contributed by atoms with E-state index in [1.165, 1.54) is 17.4 Å². The molecule has 0 atom stereocenters. The van der Waals surface area contributed by atoms with Crippen LogP contribution in [0.25, 0.3) is 10.7 Å². The van der Waals surface area contributed by atoms with Crippen LogP contribution >= 0.6 is 11.3 Å². The molecule has 0 fully saturated rings. The van der Waals surface area contributed by atoms with Gasteiger partial charge in [-0.2, -0.15) is 0 Å². The zero-order chi connectivity index (χ0) is 24.4. The highest BCUT2D eigenvalue weighted by atomic mass is 32.1. The molecule has 0 aliphatic heterocycles. The Labute approximate surface area is 203 Å². The summed E-state index contributed by atoms with van der Waals surface area (Å²) in [6, 6.07) is 16.7. The van der Waals surface area contributed by atoms with Crippen LogP contribution in [0.15, 0.2) is 72.2 Å². The van der Waals surface area contributed by atoms with Crippen LogP contribution in [-0.4, -0.2) is 40.0 Å². The molecule has 1 aliphatic rings. The van der Waals surface area contributed by atoms with Crippen molar-refractivity contribution in [2.45, 2.75) is 6.42 Å². The lowest BCUT2D eigenvalue weighted by Crippen LogP contribution is -2.26. The molecule has 0 saturated heterocycles. The number of hydrogen-bond donors (Lipinski definition) is 1. The zero-order valence-corrected chi connectivity index (χ0v) is 19.0. The minimum atomic E-state index is -0.627. The summed E-state index contributed by atoms with van der Waals surface area (Å²) in [5, 5.41) is 5.01. The molecular weight excluding hydrogens is 466 g/mol. The van der Waals surface area contributed by atoms with Gasteiger partial charge in [-0.05, 0) is 18.2 Å². The van der Waals surface area contributed by atoms with Gasteiger partial charge in [-0.1, -0.05) is 42.5 Å². The first-order chi connectivity index (χ1) is 17.0. The highest BCUT2D eigenvalue weighted by Gasteiger charge is 2.31. The number of pyridine rings is 1. The maximum Gasteiger partial charge on any atom is 0.312 e. The number of nitrogens with zero attached hydrogens (tertiary/aromatic N) is 2.